The molecule has 0 fully saturated rings. The first-order valence-electron chi connectivity index (χ1n) is 14.7. The number of carbonyl (C=O) groups excluding carboxylic acids is 2. The van der Waals surface area contributed by atoms with Gasteiger partial charge in [0, 0.05) is 26.4 Å². The Morgan fingerprint density at radius 2 is 1.61 bits per heavy atom. The Hall–Kier alpha value is -4.33. The number of nitrogens with one attached hydrogen (secondary N) is 3. The third-order valence-corrected chi connectivity index (χ3v) is 10.1. The van der Waals surface area contributed by atoms with Crippen LogP contribution >= 0.6 is 0 Å². The largest absolute Gasteiger partial charge is 0.444 e. The van der Waals surface area contributed by atoms with Crippen LogP contribution < -0.4 is 10.6 Å². The Morgan fingerprint density at radius 1 is 0.957 bits per heavy atom. The molecule has 0 saturated heterocycles. The van der Waals surface area contributed by atoms with E-state index in [2.05, 4.69) is 35.3 Å². The molecule has 0 aliphatic heterocycles. The van der Waals surface area contributed by atoms with E-state index in [0.29, 0.717) is 23.4 Å². The number of hydrogen-bond donors (Lipinski definition) is 3. The number of ether oxygens (including phenoxy) is 2. The molecular formula is C33H40FN5O5SSi. The first-order chi connectivity index (χ1) is 21.5. The minimum atomic E-state index is -3.45. The summed E-state index contributed by atoms with van der Waals surface area (Å²) < 4.78 is 48.3. The Labute approximate surface area is 270 Å². The Kier molecular flexibility index (Phi) is 10.5. The van der Waals surface area contributed by atoms with Crippen molar-refractivity contribution in [2.75, 3.05) is 17.2 Å². The average Bonchev–Trinajstić information content (AvgIpc) is 3.45. The molecule has 2 amide bonds. The summed E-state index contributed by atoms with van der Waals surface area (Å²) in [5.41, 5.74) is 1.45. The van der Waals surface area contributed by atoms with Crippen molar-refractivity contribution in [2.24, 2.45) is 0 Å². The second kappa shape index (κ2) is 14.0. The summed E-state index contributed by atoms with van der Waals surface area (Å²) in [6.07, 6.45) is 2.33. The summed E-state index contributed by atoms with van der Waals surface area (Å²) in [7, 11) is -4.67. The lowest BCUT2D eigenvalue weighted by Crippen LogP contribution is -2.27. The van der Waals surface area contributed by atoms with E-state index in [4.69, 9.17) is 14.3 Å². The molecule has 4 aromatic rings. The molecular weight excluding hydrogens is 626 g/mol. The van der Waals surface area contributed by atoms with Crippen molar-refractivity contribution in [3.05, 3.63) is 90.6 Å². The van der Waals surface area contributed by atoms with Crippen molar-refractivity contribution in [2.45, 2.75) is 68.7 Å². The van der Waals surface area contributed by atoms with Crippen molar-refractivity contribution in [3.63, 3.8) is 0 Å². The van der Waals surface area contributed by atoms with Crippen LogP contribution in [0.5, 0.6) is 0 Å². The van der Waals surface area contributed by atoms with Crippen LogP contribution in [0.2, 0.25) is 25.7 Å². The maximum Gasteiger partial charge on any atom is 0.412 e. The summed E-state index contributed by atoms with van der Waals surface area (Å²) in [5.74, 6) is -0.887. The zero-order chi connectivity index (χ0) is 33.7. The molecule has 0 spiro atoms. The van der Waals surface area contributed by atoms with Crippen molar-refractivity contribution in [1.82, 2.24) is 9.55 Å². The fourth-order valence-electron chi connectivity index (χ4n) is 4.21. The van der Waals surface area contributed by atoms with Gasteiger partial charge in [-0.25, -0.2) is 23.2 Å². The minimum absolute atomic E-state index is 0.0916. The normalized spacial score (nSPS) is 13.1. The number of hydrogen-bond acceptors (Lipinski definition) is 7. The van der Waals surface area contributed by atoms with Crippen LogP contribution in [0, 0.1) is 10.6 Å². The number of nitrogens with zero attached hydrogens (tertiary/aromatic N) is 2. The third-order valence-electron chi connectivity index (χ3n) is 6.67. The van der Waals surface area contributed by atoms with Crippen LogP contribution in [0.25, 0.3) is 11.1 Å². The Bertz CT molecular complexity index is 1800. The van der Waals surface area contributed by atoms with Crippen LogP contribution in [0.4, 0.5) is 20.6 Å². The molecule has 10 nitrogen and oxygen atoms in total. The van der Waals surface area contributed by atoms with E-state index in [9.17, 15) is 18.2 Å². The van der Waals surface area contributed by atoms with Gasteiger partial charge in [0.05, 0.1) is 22.6 Å². The molecule has 3 aromatic carbocycles. The second-order valence-corrected chi connectivity index (χ2v) is 20.6. The fraction of sp³-hybridized carbons (Fsp3) is 0.303. The van der Waals surface area contributed by atoms with Gasteiger partial charge in [-0.2, -0.15) is 0 Å². The molecule has 0 radical (unpaired) electrons. The molecule has 1 atom stereocenters. The number of anilines is 2. The molecule has 0 saturated carbocycles. The van der Waals surface area contributed by atoms with Crippen LogP contribution in [0.3, 0.4) is 0 Å². The number of imidazole rings is 1. The highest BCUT2D eigenvalue weighted by atomic mass is 32.2. The summed E-state index contributed by atoms with van der Waals surface area (Å²) in [6.45, 7) is 12.9. The number of aromatic nitrogens is 2. The van der Waals surface area contributed by atoms with E-state index in [0.717, 1.165) is 6.04 Å². The first-order valence-corrected chi connectivity index (χ1v) is 20.0. The predicted molar refractivity (Wildman–Crippen MR) is 180 cm³/mol. The second-order valence-electron chi connectivity index (χ2n) is 13.0. The lowest BCUT2D eigenvalue weighted by Gasteiger charge is -2.21. The SMILES string of the molecule is CC(C)(C)OC(=O)Nc1ccc(-c2ccc(F)cc2)cc1NC(=O)c1ccc(S(=N)(=O)c2cn(COCC[Si](C)(C)C)cn2)cc1. The summed E-state index contributed by atoms with van der Waals surface area (Å²) >= 11 is 0. The molecule has 1 unspecified atom stereocenters. The quantitative estimate of drug-likeness (QED) is 0.110. The number of rotatable bonds is 11. The van der Waals surface area contributed by atoms with E-state index in [1.807, 2.05) is 0 Å². The number of carbonyl (C=O) groups is 2. The molecule has 0 aliphatic carbocycles. The number of halogens is 1. The maximum atomic E-state index is 13.5. The van der Waals surface area contributed by atoms with Crippen molar-refractivity contribution < 1.29 is 27.7 Å². The fourth-order valence-corrected chi connectivity index (χ4v) is 6.21. The third kappa shape index (κ3) is 9.58. The monoisotopic (exact) mass is 665 g/mol. The molecule has 13 heteroatoms. The molecule has 3 N–H and O–H groups in total. The van der Waals surface area contributed by atoms with Gasteiger partial charge in [0.2, 0.25) is 0 Å². The van der Waals surface area contributed by atoms with E-state index in [1.54, 1.807) is 55.7 Å². The van der Waals surface area contributed by atoms with Gasteiger partial charge in [0.25, 0.3) is 5.91 Å². The zero-order valence-corrected chi connectivity index (χ0v) is 28.7. The van der Waals surface area contributed by atoms with Crippen LogP contribution in [0.15, 0.2) is 89.2 Å². The van der Waals surface area contributed by atoms with Crippen molar-refractivity contribution >= 4 is 41.2 Å². The van der Waals surface area contributed by atoms with E-state index >= 15 is 0 Å². The van der Waals surface area contributed by atoms with Gasteiger partial charge in [-0.05, 0) is 86.5 Å². The van der Waals surface area contributed by atoms with Crippen LogP contribution in [-0.4, -0.2) is 46.0 Å². The summed E-state index contributed by atoms with van der Waals surface area (Å²) in [5, 5.41) is 5.57. The molecule has 1 aromatic heterocycles. The highest BCUT2D eigenvalue weighted by molar-refractivity contribution is 7.92. The molecule has 0 aliphatic rings. The summed E-state index contributed by atoms with van der Waals surface area (Å²) in [4.78, 5) is 30.3. The first kappa shape index (κ1) is 34.5. The number of amides is 2. The molecule has 4 rings (SSSR count). The molecule has 1 heterocycles. The van der Waals surface area contributed by atoms with Gasteiger partial charge < -0.3 is 19.4 Å². The van der Waals surface area contributed by atoms with Gasteiger partial charge in [-0.1, -0.05) is 37.8 Å². The highest BCUT2D eigenvalue weighted by Crippen LogP contribution is 2.31. The van der Waals surface area contributed by atoms with Crippen molar-refractivity contribution in [3.8, 4) is 11.1 Å². The molecule has 46 heavy (non-hydrogen) atoms. The Balaban J connectivity index is 1.51. The molecule has 244 valence electrons. The minimum Gasteiger partial charge on any atom is -0.444 e. The van der Waals surface area contributed by atoms with E-state index < -0.39 is 35.4 Å². The topological polar surface area (TPSA) is 135 Å². The van der Waals surface area contributed by atoms with Gasteiger partial charge in [0.1, 0.15) is 27.9 Å². The van der Waals surface area contributed by atoms with E-state index in [1.165, 1.54) is 48.9 Å². The Morgan fingerprint density at radius 3 is 2.24 bits per heavy atom. The number of benzene rings is 3. The smallest absolute Gasteiger partial charge is 0.412 e. The average molecular weight is 666 g/mol. The van der Waals surface area contributed by atoms with E-state index in [-0.39, 0.29) is 33.7 Å². The lowest BCUT2D eigenvalue weighted by atomic mass is 10.0. The maximum absolute atomic E-state index is 13.5. The predicted octanol–water partition coefficient (Wildman–Crippen LogP) is 8.07. The van der Waals surface area contributed by atoms with Crippen LogP contribution in [0.1, 0.15) is 31.1 Å². The van der Waals surface area contributed by atoms with Crippen molar-refractivity contribution in [1.29, 1.82) is 4.78 Å². The standard InChI is InChI=1S/C33H40FN5O5SSi/c1-33(2,3)44-32(41)38-28-16-11-25(23-7-12-26(34)13-8-23)19-29(28)37-31(40)24-9-14-27(15-10-24)45(35,42)30-20-39(21-36-30)22-43-17-18-46(4,5)6/h7-16,19-21,35H,17-18,22H2,1-6H3,(H,37,40)(H,38,41). The van der Waals surface area contributed by atoms with Gasteiger partial charge in [-0.15, -0.1) is 0 Å². The highest BCUT2D eigenvalue weighted by Gasteiger charge is 2.21. The van der Waals surface area contributed by atoms with Crippen LogP contribution in [-0.2, 0) is 25.9 Å². The van der Waals surface area contributed by atoms with Gasteiger partial charge in [-0.3, -0.25) is 10.1 Å². The zero-order valence-electron chi connectivity index (χ0n) is 26.8. The van der Waals surface area contributed by atoms with Gasteiger partial charge >= 0.3 is 6.09 Å². The lowest BCUT2D eigenvalue weighted by molar-refractivity contribution is 0.0635. The van der Waals surface area contributed by atoms with Gasteiger partial charge in [0.15, 0.2) is 5.03 Å². The summed E-state index contributed by atoms with van der Waals surface area (Å²) in [6, 6.07) is 17.8. The molecule has 0 bridgehead atoms.